The molecule has 1 aromatic heterocycles. The van der Waals surface area contributed by atoms with Crippen molar-refractivity contribution in [1.82, 2.24) is 14.2 Å². The lowest BCUT2D eigenvalue weighted by Gasteiger charge is -2.40. The SMILES string of the molecule is CN(CCc1ccccn1)C(=O)[C@@]1(C)CN(S(C)(=O)=O)CCO1. The lowest BCUT2D eigenvalue weighted by molar-refractivity contribution is -0.162. The molecule has 0 aliphatic carbocycles. The van der Waals surface area contributed by atoms with Gasteiger partial charge >= 0.3 is 0 Å². The Labute approximate surface area is 137 Å². The maximum Gasteiger partial charge on any atom is 0.255 e. The summed E-state index contributed by atoms with van der Waals surface area (Å²) in [6, 6.07) is 5.65. The monoisotopic (exact) mass is 341 g/mol. The van der Waals surface area contributed by atoms with E-state index in [9.17, 15) is 13.2 Å². The molecule has 0 radical (unpaired) electrons. The van der Waals surface area contributed by atoms with Crippen molar-refractivity contribution in [2.24, 2.45) is 0 Å². The molecule has 128 valence electrons. The number of nitrogens with zero attached hydrogens (tertiary/aromatic N) is 3. The summed E-state index contributed by atoms with van der Waals surface area (Å²) in [4.78, 5) is 18.5. The Hall–Kier alpha value is -1.51. The summed E-state index contributed by atoms with van der Waals surface area (Å²) in [6.45, 7) is 2.67. The normalized spacial score (nSPS) is 22.7. The van der Waals surface area contributed by atoms with Crippen molar-refractivity contribution >= 4 is 15.9 Å². The summed E-state index contributed by atoms with van der Waals surface area (Å²) in [5.74, 6) is -0.221. The van der Waals surface area contributed by atoms with Gasteiger partial charge in [-0.25, -0.2) is 8.42 Å². The van der Waals surface area contributed by atoms with E-state index in [1.54, 1.807) is 25.1 Å². The van der Waals surface area contributed by atoms with Crippen LogP contribution in [0.2, 0.25) is 0 Å². The third kappa shape index (κ3) is 4.49. The molecule has 1 atom stereocenters. The Morgan fingerprint density at radius 2 is 2.22 bits per heavy atom. The van der Waals surface area contributed by atoms with Crippen LogP contribution >= 0.6 is 0 Å². The smallest absolute Gasteiger partial charge is 0.255 e. The van der Waals surface area contributed by atoms with Crippen molar-refractivity contribution in [3.8, 4) is 0 Å². The van der Waals surface area contributed by atoms with Gasteiger partial charge in [-0.15, -0.1) is 0 Å². The minimum atomic E-state index is -3.34. The number of aromatic nitrogens is 1. The minimum Gasteiger partial charge on any atom is -0.363 e. The maximum atomic E-state index is 12.7. The van der Waals surface area contributed by atoms with Gasteiger partial charge in [0.15, 0.2) is 5.60 Å². The molecule has 1 aromatic rings. The fourth-order valence-electron chi connectivity index (χ4n) is 2.58. The molecule has 8 heteroatoms. The summed E-state index contributed by atoms with van der Waals surface area (Å²) >= 11 is 0. The maximum absolute atomic E-state index is 12.7. The van der Waals surface area contributed by atoms with Crippen LogP contribution in [-0.2, 0) is 26.0 Å². The van der Waals surface area contributed by atoms with Gasteiger partial charge in [-0.1, -0.05) is 6.07 Å². The van der Waals surface area contributed by atoms with Crippen LogP contribution in [0.25, 0.3) is 0 Å². The number of hydrogen-bond donors (Lipinski definition) is 0. The zero-order valence-corrected chi connectivity index (χ0v) is 14.5. The molecule has 0 bridgehead atoms. The largest absolute Gasteiger partial charge is 0.363 e. The van der Waals surface area contributed by atoms with Gasteiger partial charge in [-0.05, 0) is 19.1 Å². The van der Waals surface area contributed by atoms with Crippen molar-refractivity contribution in [2.45, 2.75) is 18.9 Å². The van der Waals surface area contributed by atoms with E-state index in [1.165, 1.54) is 4.31 Å². The van der Waals surface area contributed by atoms with Gasteiger partial charge < -0.3 is 9.64 Å². The Balaban J connectivity index is 2.00. The van der Waals surface area contributed by atoms with Crippen LogP contribution in [0, 0.1) is 0 Å². The summed E-state index contributed by atoms with van der Waals surface area (Å²) in [5, 5.41) is 0. The van der Waals surface area contributed by atoms with E-state index >= 15 is 0 Å². The van der Waals surface area contributed by atoms with Crippen LogP contribution in [0.1, 0.15) is 12.6 Å². The highest BCUT2D eigenvalue weighted by atomic mass is 32.2. The van der Waals surface area contributed by atoms with Gasteiger partial charge in [-0.2, -0.15) is 4.31 Å². The lowest BCUT2D eigenvalue weighted by Crippen LogP contribution is -2.59. The van der Waals surface area contributed by atoms with E-state index < -0.39 is 15.6 Å². The number of carbonyl (C=O) groups is 1. The van der Waals surface area contributed by atoms with Crippen molar-refractivity contribution < 1.29 is 17.9 Å². The number of amides is 1. The summed E-state index contributed by atoms with van der Waals surface area (Å²) in [6.07, 6.45) is 3.50. The van der Waals surface area contributed by atoms with Gasteiger partial charge in [0.25, 0.3) is 5.91 Å². The van der Waals surface area contributed by atoms with Crippen molar-refractivity contribution in [3.63, 3.8) is 0 Å². The van der Waals surface area contributed by atoms with Crippen LogP contribution in [-0.4, -0.2) is 73.7 Å². The highest BCUT2D eigenvalue weighted by Crippen LogP contribution is 2.22. The van der Waals surface area contributed by atoms with Gasteiger partial charge in [0, 0.05) is 38.4 Å². The molecule has 0 N–H and O–H groups in total. The van der Waals surface area contributed by atoms with Crippen molar-refractivity contribution in [1.29, 1.82) is 0 Å². The first kappa shape index (κ1) is 17.8. The number of carbonyl (C=O) groups excluding carboxylic acids is 1. The molecular weight excluding hydrogens is 318 g/mol. The van der Waals surface area contributed by atoms with E-state index in [0.29, 0.717) is 13.0 Å². The van der Waals surface area contributed by atoms with Crippen molar-refractivity contribution in [3.05, 3.63) is 30.1 Å². The Morgan fingerprint density at radius 3 is 2.83 bits per heavy atom. The molecule has 1 saturated heterocycles. The molecular formula is C15H23N3O4S. The van der Waals surface area contributed by atoms with Gasteiger partial charge in [0.1, 0.15) is 0 Å². The third-order valence-electron chi connectivity index (χ3n) is 3.94. The van der Waals surface area contributed by atoms with Gasteiger partial charge in [0.2, 0.25) is 10.0 Å². The highest BCUT2D eigenvalue weighted by Gasteiger charge is 2.43. The molecule has 7 nitrogen and oxygen atoms in total. The summed E-state index contributed by atoms with van der Waals surface area (Å²) < 4.78 is 30.3. The fraction of sp³-hybridized carbons (Fsp3) is 0.600. The average molecular weight is 341 g/mol. The van der Waals surface area contributed by atoms with Crippen LogP contribution in [0.3, 0.4) is 0 Å². The molecule has 2 heterocycles. The van der Waals surface area contributed by atoms with Crippen LogP contribution < -0.4 is 0 Å². The van der Waals surface area contributed by atoms with E-state index in [-0.39, 0.29) is 25.6 Å². The van der Waals surface area contributed by atoms with Crippen LogP contribution in [0.15, 0.2) is 24.4 Å². The number of rotatable bonds is 5. The van der Waals surface area contributed by atoms with E-state index in [2.05, 4.69) is 4.98 Å². The van der Waals surface area contributed by atoms with Crippen LogP contribution in [0.4, 0.5) is 0 Å². The van der Waals surface area contributed by atoms with E-state index in [1.807, 2.05) is 18.2 Å². The Kier molecular flexibility index (Phi) is 5.38. The Bertz CT molecular complexity index is 650. The lowest BCUT2D eigenvalue weighted by atomic mass is 10.0. The molecule has 1 aliphatic heterocycles. The molecule has 1 amide bonds. The molecule has 1 aliphatic rings. The van der Waals surface area contributed by atoms with Crippen molar-refractivity contribution in [2.75, 3.05) is 39.5 Å². The zero-order valence-electron chi connectivity index (χ0n) is 13.7. The quantitative estimate of drug-likeness (QED) is 0.761. The molecule has 23 heavy (non-hydrogen) atoms. The van der Waals surface area contributed by atoms with Gasteiger partial charge in [-0.3, -0.25) is 9.78 Å². The molecule has 2 rings (SSSR count). The standard InChI is InChI=1S/C15H23N3O4S/c1-15(12-18(10-11-22-15)23(3,20)21)14(19)17(2)9-7-13-6-4-5-8-16-13/h4-6,8H,7,9-12H2,1-3H3/t15-/m1/s1. The number of morpholine rings is 1. The van der Waals surface area contributed by atoms with Crippen LogP contribution in [0.5, 0.6) is 0 Å². The molecule has 1 fully saturated rings. The predicted molar refractivity (Wildman–Crippen MR) is 86.4 cm³/mol. The number of likely N-dealkylation sites (N-methyl/N-ethyl adjacent to an activating group) is 1. The zero-order chi connectivity index (χ0) is 17.1. The summed E-state index contributed by atoms with van der Waals surface area (Å²) in [5.41, 5.74) is -0.250. The number of pyridine rings is 1. The molecule has 0 unspecified atom stereocenters. The Morgan fingerprint density at radius 1 is 1.48 bits per heavy atom. The third-order valence-corrected chi connectivity index (χ3v) is 5.19. The van der Waals surface area contributed by atoms with Gasteiger partial charge in [0.05, 0.1) is 19.4 Å². The first-order valence-corrected chi connectivity index (χ1v) is 9.32. The minimum absolute atomic E-state index is 0.0403. The van der Waals surface area contributed by atoms with E-state index in [4.69, 9.17) is 4.74 Å². The second-order valence-electron chi connectivity index (χ2n) is 5.97. The highest BCUT2D eigenvalue weighted by molar-refractivity contribution is 7.88. The second-order valence-corrected chi connectivity index (χ2v) is 7.96. The average Bonchev–Trinajstić information content (AvgIpc) is 2.52. The fourth-order valence-corrected chi connectivity index (χ4v) is 3.47. The predicted octanol–water partition coefficient (Wildman–Crippen LogP) is 0.133. The summed E-state index contributed by atoms with van der Waals surface area (Å²) in [7, 11) is -1.65. The molecule has 0 saturated carbocycles. The first-order valence-electron chi connectivity index (χ1n) is 7.47. The van der Waals surface area contributed by atoms with E-state index in [0.717, 1.165) is 11.9 Å². The second kappa shape index (κ2) is 6.94. The number of ether oxygens (including phenoxy) is 1. The molecule has 0 spiro atoms. The molecule has 0 aromatic carbocycles. The first-order chi connectivity index (χ1) is 10.7. The topological polar surface area (TPSA) is 79.8 Å². The number of sulfonamides is 1. The number of hydrogen-bond acceptors (Lipinski definition) is 5.